The molecule has 5 rings (SSSR count). The molecular formula is C26H35N5O6. The molecule has 200 valence electrons. The first-order valence-electron chi connectivity index (χ1n) is 12.8. The summed E-state index contributed by atoms with van der Waals surface area (Å²) in [5, 5.41) is 0.512. The van der Waals surface area contributed by atoms with Gasteiger partial charge in [-0.2, -0.15) is 4.98 Å². The van der Waals surface area contributed by atoms with Crippen molar-refractivity contribution >= 4 is 28.6 Å². The number of ether oxygens (including phenoxy) is 5. The second kappa shape index (κ2) is 10.9. The number of allylic oxidation sites excluding steroid dienone is 1. The molecule has 0 radical (unpaired) electrons. The number of hydrogen-bond donors (Lipinski definition) is 1. The number of anilines is 2. The van der Waals surface area contributed by atoms with E-state index in [0.717, 1.165) is 32.1 Å². The molecule has 2 unspecified atom stereocenters. The van der Waals surface area contributed by atoms with E-state index < -0.39 is 0 Å². The Balaban J connectivity index is 1.50. The Bertz CT molecular complexity index is 1170. The highest BCUT2D eigenvalue weighted by Crippen LogP contribution is 2.52. The Kier molecular flexibility index (Phi) is 7.40. The molecule has 0 saturated carbocycles. The maximum Gasteiger partial charge on any atom is 0.251 e. The first-order chi connectivity index (χ1) is 18.0. The van der Waals surface area contributed by atoms with Crippen molar-refractivity contribution in [3.05, 3.63) is 12.2 Å². The SMILES string of the molecule is COc1c(OC)c(OC)c2c(N)nc(N3CCN(C(=O)C4CCCO4)CC3)nc2c1OC1CC=CCC1. The fraction of sp³-hybridized carbons (Fsp3) is 0.577. The zero-order chi connectivity index (χ0) is 25.9. The van der Waals surface area contributed by atoms with E-state index in [1.807, 2.05) is 9.80 Å². The second-order valence-corrected chi connectivity index (χ2v) is 9.40. The van der Waals surface area contributed by atoms with Gasteiger partial charge in [-0.3, -0.25) is 4.79 Å². The topological polar surface area (TPSA) is 121 Å². The lowest BCUT2D eigenvalue weighted by Crippen LogP contribution is -2.51. The molecule has 2 aromatic rings. The van der Waals surface area contributed by atoms with E-state index in [0.29, 0.717) is 72.6 Å². The zero-order valence-corrected chi connectivity index (χ0v) is 21.7. The third kappa shape index (κ3) is 4.79. The van der Waals surface area contributed by atoms with Crippen LogP contribution in [0.15, 0.2) is 12.2 Å². The summed E-state index contributed by atoms with van der Waals surface area (Å²) in [6.07, 6.45) is 8.25. The van der Waals surface area contributed by atoms with Crippen molar-refractivity contribution < 1.29 is 28.5 Å². The van der Waals surface area contributed by atoms with E-state index in [1.54, 1.807) is 21.3 Å². The van der Waals surface area contributed by atoms with Gasteiger partial charge in [0, 0.05) is 39.2 Å². The van der Waals surface area contributed by atoms with Crippen LogP contribution in [0.3, 0.4) is 0 Å². The Hall–Kier alpha value is -3.47. The number of amides is 1. The average molecular weight is 514 g/mol. The Labute approximate surface area is 216 Å². The van der Waals surface area contributed by atoms with Crippen molar-refractivity contribution in [2.24, 2.45) is 0 Å². The highest BCUT2D eigenvalue weighted by atomic mass is 16.5. The van der Waals surface area contributed by atoms with Gasteiger partial charge < -0.3 is 39.2 Å². The number of methoxy groups -OCH3 is 3. The Morgan fingerprint density at radius 1 is 0.973 bits per heavy atom. The summed E-state index contributed by atoms with van der Waals surface area (Å²) in [5.41, 5.74) is 7.02. The standard InChI is InChI=1S/C26H35N5O6/c1-33-20-18-19(21(23(35-3)22(20)34-2)37-16-8-5-4-6-9-16)28-26(29-24(18)27)31-13-11-30(12-14-31)25(32)17-10-7-15-36-17/h4-5,16-17H,6-15H2,1-3H3,(H2,27,28,29). The van der Waals surface area contributed by atoms with E-state index in [1.165, 1.54) is 0 Å². The van der Waals surface area contributed by atoms with E-state index in [4.69, 9.17) is 34.4 Å². The maximum absolute atomic E-state index is 12.8. The van der Waals surface area contributed by atoms with Crippen molar-refractivity contribution in [2.45, 2.75) is 44.3 Å². The summed E-state index contributed by atoms with van der Waals surface area (Å²) < 4.78 is 29.2. The van der Waals surface area contributed by atoms with Gasteiger partial charge in [0.1, 0.15) is 23.5 Å². The van der Waals surface area contributed by atoms with Gasteiger partial charge in [-0.25, -0.2) is 4.98 Å². The number of fused-ring (bicyclic) bond motifs is 1. The minimum Gasteiger partial charge on any atom is -0.492 e. The Morgan fingerprint density at radius 3 is 2.32 bits per heavy atom. The third-order valence-corrected chi connectivity index (χ3v) is 7.18. The number of benzene rings is 1. The van der Waals surface area contributed by atoms with Crippen molar-refractivity contribution in [3.63, 3.8) is 0 Å². The van der Waals surface area contributed by atoms with Crippen LogP contribution in [0.25, 0.3) is 10.9 Å². The molecule has 2 atom stereocenters. The molecule has 2 fully saturated rings. The maximum atomic E-state index is 12.8. The van der Waals surface area contributed by atoms with E-state index in [-0.39, 0.29) is 23.9 Å². The molecule has 1 aromatic heterocycles. The van der Waals surface area contributed by atoms with Crippen molar-refractivity contribution in [1.29, 1.82) is 0 Å². The van der Waals surface area contributed by atoms with Crippen molar-refractivity contribution in [2.75, 3.05) is 64.7 Å². The van der Waals surface area contributed by atoms with Crippen molar-refractivity contribution in [1.82, 2.24) is 14.9 Å². The van der Waals surface area contributed by atoms with E-state index in [2.05, 4.69) is 17.1 Å². The number of nitrogens with two attached hydrogens (primary N) is 1. The summed E-state index contributed by atoms with van der Waals surface area (Å²) in [6.45, 7) is 2.94. The number of nitrogen functional groups attached to an aromatic ring is 1. The van der Waals surface area contributed by atoms with Gasteiger partial charge in [0.2, 0.25) is 17.4 Å². The lowest BCUT2D eigenvalue weighted by molar-refractivity contribution is -0.141. The summed E-state index contributed by atoms with van der Waals surface area (Å²) >= 11 is 0. The molecule has 11 heteroatoms. The van der Waals surface area contributed by atoms with Gasteiger partial charge >= 0.3 is 0 Å². The molecule has 2 saturated heterocycles. The highest BCUT2D eigenvalue weighted by Gasteiger charge is 2.33. The zero-order valence-electron chi connectivity index (χ0n) is 21.7. The summed E-state index contributed by atoms with van der Waals surface area (Å²) in [7, 11) is 4.65. The number of carbonyl (C=O) groups excluding carboxylic acids is 1. The lowest BCUT2D eigenvalue weighted by atomic mass is 10.0. The molecular weight excluding hydrogens is 478 g/mol. The number of carbonyl (C=O) groups is 1. The first kappa shape index (κ1) is 25.2. The molecule has 3 aliphatic rings. The van der Waals surface area contributed by atoms with Crippen LogP contribution >= 0.6 is 0 Å². The number of piperazine rings is 1. The van der Waals surface area contributed by atoms with Gasteiger partial charge in [0.05, 0.1) is 26.7 Å². The van der Waals surface area contributed by atoms with Crippen LogP contribution in [0.4, 0.5) is 11.8 Å². The fourth-order valence-electron chi connectivity index (χ4n) is 5.24. The number of hydrogen-bond acceptors (Lipinski definition) is 10. The van der Waals surface area contributed by atoms with Crippen LogP contribution < -0.4 is 29.6 Å². The molecule has 1 aromatic carbocycles. The molecule has 0 bridgehead atoms. The van der Waals surface area contributed by atoms with Gasteiger partial charge in [0.25, 0.3) is 5.91 Å². The highest BCUT2D eigenvalue weighted by molar-refractivity contribution is 6.02. The minimum absolute atomic E-state index is 0.0350. The van der Waals surface area contributed by atoms with Crippen molar-refractivity contribution in [3.8, 4) is 23.0 Å². The van der Waals surface area contributed by atoms with Gasteiger partial charge in [-0.15, -0.1) is 0 Å². The summed E-state index contributed by atoms with van der Waals surface area (Å²) in [5.74, 6) is 2.41. The second-order valence-electron chi connectivity index (χ2n) is 9.40. The smallest absolute Gasteiger partial charge is 0.251 e. The number of rotatable bonds is 7. The van der Waals surface area contributed by atoms with Crippen LogP contribution in [0.2, 0.25) is 0 Å². The van der Waals surface area contributed by atoms with Gasteiger partial charge in [-0.1, -0.05) is 12.2 Å². The number of aromatic nitrogens is 2. The third-order valence-electron chi connectivity index (χ3n) is 7.18. The van der Waals surface area contributed by atoms with Crippen LogP contribution in [0, 0.1) is 0 Å². The molecule has 2 N–H and O–H groups in total. The molecule has 1 amide bonds. The summed E-state index contributed by atoms with van der Waals surface area (Å²) in [6, 6.07) is 0. The largest absolute Gasteiger partial charge is 0.492 e. The molecule has 37 heavy (non-hydrogen) atoms. The first-order valence-corrected chi connectivity index (χ1v) is 12.8. The van der Waals surface area contributed by atoms with Gasteiger partial charge in [0.15, 0.2) is 11.5 Å². The van der Waals surface area contributed by atoms with E-state index >= 15 is 0 Å². The number of nitrogens with zero attached hydrogens (tertiary/aromatic N) is 4. The summed E-state index contributed by atoms with van der Waals surface area (Å²) in [4.78, 5) is 26.2. The van der Waals surface area contributed by atoms with Crippen LogP contribution in [-0.2, 0) is 9.53 Å². The molecule has 11 nitrogen and oxygen atoms in total. The monoisotopic (exact) mass is 513 g/mol. The molecule has 2 aliphatic heterocycles. The normalized spacial score (nSPS) is 21.8. The quantitative estimate of drug-likeness (QED) is 0.553. The van der Waals surface area contributed by atoms with Crippen LogP contribution in [-0.4, -0.2) is 87.1 Å². The lowest BCUT2D eigenvalue weighted by Gasteiger charge is -2.36. The molecule has 1 aliphatic carbocycles. The predicted molar refractivity (Wildman–Crippen MR) is 139 cm³/mol. The minimum atomic E-state index is -0.316. The molecule has 3 heterocycles. The fourth-order valence-corrected chi connectivity index (χ4v) is 5.24. The van der Waals surface area contributed by atoms with E-state index in [9.17, 15) is 4.79 Å². The van der Waals surface area contributed by atoms with Gasteiger partial charge in [-0.05, 0) is 25.7 Å². The van der Waals surface area contributed by atoms with Crippen LogP contribution in [0.1, 0.15) is 32.1 Å². The Morgan fingerprint density at radius 2 is 1.70 bits per heavy atom. The molecule has 0 spiro atoms. The average Bonchev–Trinajstić information content (AvgIpc) is 3.48. The van der Waals surface area contributed by atoms with Crippen LogP contribution in [0.5, 0.6) is 23.0 Å². The predicted octanol–water partition coefficient (Wildman–Crippen LogP) is 2.55.